The average molecular weight is 192 g/mol. The van der Waals surface area contributed by atoms with Crippen molar-refractivity contribution in [2.75, 3.05) is 0 Å². The predicted octanol–water partition coefficient (Wildman–Crippen LogP) is 1.99. The Kier molecular flexibility index (Phi) is 2.68. The molecule has 0 unspecified atom stereocenters. The van der Waals surface area contributed by atoms with Gasteiger partial charge in [0.2, 0.25) is 0 Å². The summed E-state index contributed by atoms with van der Waals surface area (Å²) in [6.45, 7) is -1.88. The quantitative estimate of drug-likeness (QED) is 0.684. The van der Waals surface area contributed by atoms with Crippen molar-refractivity contribution in [3.05, 3.63) is 11.5 Å². The predicted molar refractivity (Wildman–Crippen MR) is 43.9 cm³/mol. The molecule has 0 atom stereocenters. The summed E-state index contributed by atoms with van der Waals surface area (Å²) in [7, 11) is 0. The van der Waals surface area contributed by atoms with Gasteiger partial charge in [-0.1, -0.05) is 12.1 Å². The van der Waals surface area contributed by atoms with E-state index in [9.17, 15) is 12.9 Å². The molecule has 74 valence electrons. The fourth-order valence-electron chi connectivity index (χ4n) is 1.25. The van der Waals surface area contributed by atoms with E-state index in [1.165, 1.54) is 6.92 Å². The van der Waals surface area contributed by atoms with Gasteiger partial charge in [-0.25, -0.2) is 0 Å². The molecule has 0 amide bonds. The van der Waals surface area contributed by atoms with Gasteiger partial charge >= 0.3 is 6.98 Å². The zero-order valence-electron chi connectivity index (χ0n) is 7.48. The molecule has 2 nitrogen and oxygen atoms in total. The first kappa shape index (κ1) is 10.1. The average Bonchev–Trinajstić information content (AvgIpc) is 2.31. The Morgan fingerprint density at radius 1 is 1.38 bits per heavy atom. The van der Waals surface area contributed by atoms with Crippen LogP contribution in [0.15, 0.2) is 4.52 Å². The van der Waals surface area contributed by atoms with E-state index in [0.717, 1.165) is 0 Å². The zero-order valence-corrected chi connectivity index (χ0v) is 7.48. The normalized spacial score (nSPS) is 12.1. The van der Waals surface area contributed by atoms with Crippen LogP contribution in [0.5, 0.6) is 0 Å². The molecule has 0 aliphatic heterocycles. The summed E-state index contributed by atoms with van der Waals surface area (Å²) in [6, 6.07) is 0. The lowest BCUT2D eigenvalue weighted by Gasteiger charge is -2.13. The highest BCUT2D eigenvalue weighted by Crippen LogP contribution is 2.15. The zero-order chi connectivity index (χ0) is 10.1. The van der Waals surface area contributed by atoms with E-state index in [1.54, 1.807) is 6.92 Å². The molecule has 0 spiro atoms. The largest absolute Gasteiger partial charge is 0.514 e. The molecule has 0 fully saturated rings. The third-order valence-electron chi connectivity index (χ3n) is 1.79. The Hall–Kier alpha value is -0.935. The molecular formula is C7H10BF3NO-. The second-order valence-corrected chi connectivity index (χ2v) is 2.93. The number of hydrogen-bond donors (Lipinski definition) is 0. The van der Waals surface area contributed by atoms with Crippen LogP contribution in [-0.2, 0) is 6.42 Å². The molecule has 1 aromatic rings. The molecule has 0 bridgehead atoms. The van der Waals surface area contributed by atoms with Crippen molar-refractivity contribution < 1.29 is 17.5 Å². The fourth-order valence-corrected chi connectivity index (χ4v) is 1.25. The number of hydrogen-bond acceptors (Lipinski definition) is 2. The standard InChI is InChI=1S/C7H10BF3NO/c1-3-4-6-7(8(9,10)11)5(2)12-13-6/h3-4H2,1-2H3/q-1. The van der Waals surface area contributed by atoms with Crippen LogP contribution in [0, 0.1) is 6.92 Å². The van der Waals surface area contributed by atoms with E-state index < -0.39 is 12.4 Å². The van der Waals surface area contributed by atoms with Crippen molar-refractivity contribution in [1.29, 1.82) is 0 Å². The van der Waals surface area contributed by atoms with Crippen molar-refractivity contribution in [2.24, 2.45) is 0 Å². The van der Waals surface area contributed by atoms with Gasteiger partial charge in [0.05, 0.1) is 5.69 Å². The smallest absolute Gasteiger partial charge is 0.445 e. The first-order chi connectivity index (χ1) is 5.96. The molecule has 0 saturated carbocycles. The molecule has 0 N–H and O–H groups in total. The third kappa shape index (κ3) is 2.05. The minimum Gasteiger partial charge on any atom is -0.445 e. The number of halogens is 3. The molecule has 1 aromatic heterocycles. The van der Waals surface area contributed by atoms with E-state index in [2.05, 4.69) is 9.68 Å². The minimum absolute atomic E-state index is 0.0347. The van der Waals surface area contributed by atoms with E-state index in [4.69, 9.17) is 0 Å². The minimum atomic E-state index is -4.99. The summed E-state index contributed by atoms with van der Waals surface area (Å²) < 4.78 is 41.9. The Bertz CT molecular complexity index is 294. The Labute approximate surface area is 74.2 Å². The molecule has 13 heavy (non-hydrogen) atoms. The first-order valence-electron chi connectivity index (χ1n) is 4.11. The molecule has 0 aliphatic carbocycles. The lowest BCUT2D eigenvalue weighted by Crippen LogP contribution is -2.37. The molecular weight excluding hydrogens is 182 g/mol. The van der Waals surface area contributed by atoms with Crippen molar-refractivity contribution in [3.63, 3.8) is 0 Å². The first-order valence-corrected chi connectivity index (χ1v) is 4.11. The highest BCUT2D eigenvalue weighted by Gasteiger charge is 2.33. The molecule has 0 aromatic carbocycles. The van der Waals surface area contributed by atoms with E-state index in [0.29, 0.717) is 6.42 Å². The van der Waals surface area contributed by atoms with Crippen LogP contribution in [0.25, 0.3) is 0 Å². The molecule has 1 heterocycles. The van der Waals surface area contributed by atoms with E-state index >= 15 is 0 Å². The van der Waals surface area contributed by atoms with Crippen LogP contribution < -0.4 is 5.46 Å². The van der Waals surface area contributed by atoms with Gasteiger partial charge in [0.1, 0.15) is 5.76 Å². The molecule has 0 saturated heterocycles. The SMILES string of the molecule is CCCc1onc(C)c1[B-](F)(F)F. The summed E-state index contributed by atoms with van der Waals surface area (Å²) in [4.78, 5) is 0. The number of aromatic nitrogens is 1. The lowest BCUT2D eigenvalue weighted by atomic mass is 9.78. The maximum Gasteiger partial charge on any atom is 0.514 e. The number of aryl methyl sites for hydroxylation is 2. The Morgan fingerprint density at radius 3 is 2.46 bits per heavy atom. The summed E-state index contributed by atoms with van der Waals surface area (Å²) in [6.07, 6.45) is 0.908. The summed E-state index contributed by atoms with van der Waals surface area (Å²) >= 11 is 0. The van der Waals surface area contributed by atoms with Gasteiger partial charge in [0.15, 0.2) is 0 Å². The van der Waals surface area contributed by atoms with Gasteiger partial charge in [-0.2, -0.15) is 0 Å². The molecule has 0 aliphatic rings. The molecule has 0 radical (unpaired) electrons. The maximum atomic E-state index is 12.4. The third-order valence-corrected chi connectivity index (χ3v) is 1.79. The number of rotatable bonds is 3. The second-order valence-electron chi connectivity index (χ2n) is 2.93. The van der Waals surface area contributed by atoms with E-state index in [-0.39, 0.29) is 17.9 Å². The van der Waals surface area contributed by atoms with Gasteiger partial charge in [-0.15, -0.1) is 0 Å². The highest BCUT2D eigenvalue weighted by molar-refractivity contribution is 6.74. The van der Waals surface area contributed by atoms with Gasteiger partial charge < -0.3 is 17.5 Å². The monoisotopic (exact) mass is 192 g/mol. The maximum absolute atomic E-state index is 12.4. The Balaban J connectivity index is 3.09. The lowest BCUT2D eigenvalue weighted by molar-refractivity contribution is 0.378. The van der Waals surface area contributed by atoms with Crippen LogP contribution in [0.4, 0.5) is 12.9 Å². The van der Waals surface area contributed by atoms with Gasteiger partial charge in [0.25, 0.3) is 0 Å². The molecule has 6 heteroatoms. The van der Waals surface area contributed by atoms with Crippen molar-refractivity contribution in [2.45, 2.75) is 26.7 Å². The van der Waals surface area contributed by atoms with Gasteiger partial charge in [-0.05, 0) is 18.8 Å². The van der Waals surface area contributed by atoms with Crippen LogP contribution in [0.1, 0.15) is 24.8 Å². The highest BCUT2D eigenvalue weighted by atomic mass is 19.4. The van der Waals surface area contributed by atoms with Crippen LogP contribution in [0.3, 0.4) is 0 Å². The van der Waals surface area contributed by atoms with Crippen LogP contribution in [0.2, 0.25) is 0 Å². The van der Waals surface area contributed by atoms with Gasteiger partial charge in [0, 0.05) is 6.42 Å². The Morgan fingerprint density at radius 2 is 2.00 bits per heavy atom. The van der Waals surface area contributed by atoms with Crippen molar-refractivity contribution in [3.8, 4) is 0 Å². The number of nitrogens with zero attached hydrogens (tertiary/aromatic N) is 1. The van der Waals surface area contributed by atoms with Gasteiger partial charge in [-0.3, -0.25) is 0 Å². The van der Waals surface area contributed by atoms with E-state index in [1.807, 2.05) is 0 Å². The second kappa shape index (κ2) is 3.43. The summed E-state index contributed by atoms with van der Waals surface area (Å²) in [5, 5.41) is 3.32. The fraction of sp³-hybridized carbons (Fsp3) is 0.571. The van der Waals surface area contributed by atoms with Crippen molar-refractivity contribution >= 4 is 12.4 Å². The summed E-state index contributed by atoms with van der Waals surface area (Å²) in [5.74, 6) is -0.0347. The molecule has 1 rings (SSSR count). The van der Waals surface area contributed by atoms with Crippen LogP contribution >= 0.6 is 0 Å². The summed E-state index contributed by atoms with van der Waals surface area (Å²) in [5.41, 5.74) is -0.710. The van der Waals surface area contributed by atoms with Crippen LogP contribution in [-0.4, -0.2) is 12.1 Å². The topological polar surface area (TPSA) is 26.0 Å². The van der Waals surface area contributed by atoms with Crippen molar-refractivity contribution in [1.82, 2.24) is 5.16 Å².